The zero-order valence-corrected chi connectivity index (χ0v) is 60.1. The lowest BCUT2D eigenvalue weighted by atomic mass is 10.0. The van der Waals surface area contributed by atoms with Crippen molar-refractivity contribution in [3.05, 3.63) is 182 Å². The first kappa shape index (κ1) is 87.1. The fourth-order valence-electron chi connectivity index (χ4n) is 9.43. The molecule has 0 saturated carbocycles. The summed E-state index contributed by atoms with van der Waals surface area (Å²) in [6.45, 7) is 4.13. The van der Waals surface area contributed by atoms with E-state index in [9.17, 15) is 19.0 Å². The summed E-state index contributed by atoms with van der Waals surface area (Å²) in [4.78, 5) is 35.9. The number of esters is 2. The van der Waals surface area contributed by atoms with Crippen LogP contribution in [0.3, 0.4) is 0 Å². The number of ether oxygens (including phenoxy) is 2. The van der Waals surface area contributed by atoms with Gasteiger partial charge in [-0.15, -0.1) is 0 Å². The quantitative estimate of drug-likeness (QED) is 0.0211. The van der Waals surface area contributed by atoms with Crippen molar-refractivity contribution in [2.24, 2.45) is 0 Å². The highest BCUT2D eigenvalue weighted by Crippen LogP contribution is 2.43. The van der Waals surface area contributed by atoms with Gasteiger partial charge in [-0.1, -0.05) is 312 Å². The monoisotopic (exact) mass is 1290 g/mol. The molecular weight excluding hydrogens is 1160 g/mol. The van der Waals surface area contributed by atoms with Crippen molar-refractivity contribution in [2.45, 2.75) is 277 Å². The van der Waals surface area contributed by atoms with E-state index in [1.165, 1.54) is 116 Å². The van der Waals surface area contributed by atoms with E-state index in [-0.39, 0.29) is 32.0 Å². The lowest BCUT2D eigenvalue weighted by molar-refractivity contribution is -0.870. The molecule has 0 bridgehead atoms. The Kier molecular flexibility index (Phi) is 66.7. The number of hydrogen-bond acceptors (Lipinski definition) is 7. The first-order valence-electron chi connectivity index (χ1n) is 36.5. The smallest absolute Gasteiger partial charge is 0.462 e. The zero-order valence-electron chi connectivity index (χ0n) is 59.2. The predicted octanol–water partition coefficient (Wildman–Crippen LogP) is 24.3. The van der Waals surface area contributed by atoms with Gasteiger partial charge in [-0.3, -0.25) is 18.6 Å². The summed E-state index contributed by atoms with van der Waals surface area (Å²) in [5, 5.41) is 0. The van der Waals surface area contributed by atoms with E-state index >= 15 is 0 Å². The Bertz CT molecular complexity index is 2210. The molecule has 0 aromatic carbocycles. The highest BCUT2D eigenvalue weighted by molar-refractivity contribution is 7.47. The number of hydrogen-bond donors (Lipinski definition) is 1. The van der Waals surface area contributed by atoms with E-state index in [2.05, 4.69) is 196 Å². The van der Waals surface area contributed by atoms with Crippen LogP contribution in [0.15, 0.2) is 182 Å². The molecule has 0 heterocycles. The van der Waals surface area contributed by atoms with Crippen LogP contribution < -0.4 is 0 Å². The highest BCUT2D eigenvalue weighted by Gasteiger charge is 2.27. The number of phosphoric ester groups is 1. The van der Waals surface area contributed by atoms with Crippen molar-refractivity contribution in [1.82, 2.24) is 0 Å². The largest absolute Gasteiger partial charge is 0.472 e. The summed E-state index contributed by atoms with van der Waals surface area (Å²) in [5.41, 5.74) is 0. The maximum atomic E-state index is 12.9. The Balaban J connectivity index is 4.10. The van der Waals surface area contributed by atoms with Crippen molar-refractivity contribution >= 4 is 19.8 Å². The standard InChI is InChI=1S/C82H134NO8P/c1-6-8-10-12-14-16-18-20-22-24-26-28-30-32-34-36-37-38-39-40-41-42-43-44-45-47-48-50-52-54-56-58-60-62-64-66-68-70-72-74-81(84)88-78-80(79-90-92(86,87)89-77-76-83(3,4)5)91-82(85)75-73-71-69-67-65-63-61-59-57-55-53-51-49-46-35-33-31-29-27-25-23-21-19-17-15-13-11-9-7-2/h8-11,14-17,20-23,26-29,32-35,37-38,49,51,55,57,61,63,67,69,80H,6-7,12-13,18-19,24-25,30-31,36,39-48,50,52-54,56,58-60,62,64-66,68,70-79H2,1-5H3/p+1/b10-8-,11-9-,16-14-,17-15-,22-20-,23-21-,28-26-,29-27-,34-32-,35-33-,38-37-,51-49-,57-55-,63-61-,69-67-. The van der Waals surface area contributed by atoms with Gasteiger partial charge >= 0.3 is 19.8 Å². The first-order chi connectivity index (χ1) is 45.0. The van der Waals surface area contributed by atoms with Gasteiger partial charge in [-0.2, -0.15) is 0 Å². The van der Waals surface area contributed by atoms with Crippen LogP contribution in [-0.4, -0.2) is 74.9 Å². The number of likely N-dealkylation sites (N-methyl/N-ethyl adjacent to an activating group) is 1. The number of rotatable bonds is 65. The Labute approximate surface area is 565 Å². The third-order valence-corrected chi connectivity index (χ3v) is 15.9. The molecule has 0 aromatic rings. The van der Waals surface area contributed by atoms with Crippen LogP contribution in [0.5, 0.6) is 0 Å². The molecule has 0 fully saturated rings. The van der Waals surface area contributed by atoms with Gasteiger partial charge in [0.05, 0.1) is 27.7 Å². The molecule has 9 nitrogen and oxygen atoms in total. The molecule has 0 aliphatic heterocycles. The number of unbranched alkanes of at least 4 members (excludes halogenated alkanes) is 21. The second kappa shape index (κ2) is 70.4. The van der Waals surface area contributed by atoms with Crippen molar-refractivity contribution in [2.75, 3.05) is 47.5 Å². The van der Waals surface area contributed by atoms with Gasteiger partial charge in [0.1, 0.15) is 19.8 Å². The average molecular weight is 1290 g/mol. The third-order valence-electron chi connectivity index (χ3n) is 14.9. The summed E-state index contributed by atoms with van der Waals surface area (Å²) < 4.78 is 34.6. The van der Waals surface area contributed by atoms with Crippen LogP contribution in [0.1, 0.15) is 271 Å². The number of phosphoric acid groups is 1. The van der Waals surface area contributed by atoms with Crippen molar-refractivity contribution < 1.29 is 42.1 Å². The number of quaternary nitrogens is 1. The van der Waals surface area contributed by atoms with E-state index in [1.54, 1.807) is 0 Å². The SMILES string of the molecule is CC/C=C\C/C=C\C/C=C\C/C=C\C/C=C\C/C=C\C/C=C\C/C=C\C/C=C\CCCC(=O)OC(COC(=O)CCCCCCCCCCCCCCCCCCCCCC/C=C\C/C=C\C/C=C\C/C=C\C/C=C\C/C=C\CC)COP(=O)(O)OCC[N+](C)(C)C. The summed E-state index contributed by atoms with van der Waals surface area (Å²) in [7, 11) is 1.42. The molecule has 0 radical (unpaired) electrons. The molecule has 520 valence electrons. The molecule has 1 N–H and O–H groups in total. The number of carbonyl (C=O) groups excluding carboxylic acids is 2. The Morgan fingerprint density at radius 3 is 0.902 bits per heavy atom. The second-order valence-corrected chi connectivity index (χ2v) is 26.3. The lowest BCUT2D eigenvalue weighted by Gasteiger charge is -2.24. The molecule has 2 atom stereocenters. The third kappa shape index (κ3) is 74.2. The van der Waals surface area contributed by atoms with Crippen molar-refractivity contribution in [3.8, 4) is 0 Å². The second-order valence-electron chi connectivity index (χ2n) is 24.9. The maximum Gasteiger partial charge on any atom is 0.472 e. The van der Waals surface area contributed by atoms with Crippen molar-refractivity contribution in [3.63, 3.8) is 0 Å². The van der Waals surface area contributed by atoms with E-state index < -0.39 is 26.5 Å². The maximum absolute atomic E-state index is 12.9. The van der Waals surface area contributed by atoms with Crippen LogP contribution in [-0.2, 0) is 32.7 Å². The predicted molar refractivity (Wildman–Crippen MR) is 399 cm³/mol. The molecule has 0 aliphatic rings. The molecule has 0 rings (SSSR count). The van der Waals surface area contributed by atoms with Gasteiger partial charge in [0.25, 0.3) is 0 Å². The van der Waals surface area contributed by atoms with Gasteiger partial charge in [0.2, 0.25) is 0 Å². The summed E-state index contributed by atoms with van der Waals surface area (Å²) in [6.07, 6.45) is 109. The normalized spacial score (nSPS) is 14.2. The number of carbonyl (C=O) groups is 2. The fraction of sp³-hybridized carbons (Fsp3) is 0.610. The van der Waals surface area contributed by atoms with E-state index in [4.69, 9.17) is 18.5 Å². The zero-order chi connectivity index (χ0) is 66.9. The van der Waals surface area contributed by atoms with Gasteiger partial charge in [0, 0.05) is 12.8 Å². The molecule has 0 spiro atoms. The average Bonchev–Trinajstić information content (AvgIpc) is 2.14. The Morgan fingerprint density at radius 2 is 0.598 bits per heavy atom. The molecule has 0 aromatic heterocycles. The Hall–Kier alpha value is -4.89. The molecule has 0 saturated heterocycles. The van der Waals surface area contributed by atoms with Crippen LogP contribution in [0.25, 0.3) is 0 Å². The molecule has 10 heteroatoms. The van der Waals surface area contributed by atoms with Gasteiger partial charge < -0.3 is 18.9 Å². The molecule has 0 aliphatic carbocycles. The molecular formula is C82H135NO8P+. The number of allylic oxidation sites excluding steroid dienone is 30. The van der Waals surface area contributed by atoms with Gasteiger partial charge in [-0.05, 0) is 128 Å². The summed E-state index contributed by atoms with van der Waals surface area (Å²) >= 11 is 0. The van der Waals surface area contributed by atoms with Crippen LogP contribution >= 0.6 is 7.82 Å². The molecule has 2 unspecified atom stereocenters. The Morgan fingerprint density at radius 1 is 0.337 bits per heavy atom. The van der Waals surface area contributed by atoms with Gasteiger partial charge in [0.15, 0.2) is 6.10 Å². The van der Waals surface area contributed by atoms with E-state index in [0.717, 1.165) is 116 Å². The molecule has 0 amide bonds. The lowest BCUT2D eigenvalue weighted by Crippen LogP contribution is -2.37. The molecule has 92 heavy (non-hydrogen) atoms. The summed E-state index contributed by atoms with van der Waals surface area (Å²) in [6, 6.07) is 0. The number of nitrogens with zero attached hydrogens (tertiary/aromatic N) is 1. The topological polar surface area (TPSA) is 108 Å². The van der Waals surface area contributed by atoms with E-state index in [0.29, 0.717) is 23.9 Å². The fourth-order valence-corrected chi connectivity index (χ4v) is 10.2. The van der Waals surface area contributed by atoms with E-state index in [1.807, 2.05) is 21.1 Å². The summed E-state index contributed by atoms with van der Waals surface area (Å²) in [5.74, 6) is -0.872. The minimum absolute atomic E-state index is 0.0125. The van der Waals surface area contributed by atoms with Crippen molar-refractivity contribution in [1.29, 1.82) is 0 Å². The first-order valence-corrected chi connectivity index (χ1v) is 38.0. The van der Waals surface area contributed by atoms with Crippen LogP contribution in [0.2, 0.25) is 0 Å². The highest BCUT2D eigenvalue weighted by atomic mass is 31.2. The van der Waals surface area contributed by atoms with Crippen LogP contribution in [0, 0.1) is 0 Å². The minimum Gasteiger partial charge on any atom is -0.462 e. The van der Waals surface area contributed by atoms with Gasteiger partial charge in [-0.25, -0.2) is 4.57 Å². The van der Waals surface area contributed by atoms with Crippen LogP contribution in [0.4, 0.5) is 0 Å². The minimum atomic E-state index is -4.42.